The average molecular weight is 186 g/mol. The van der Waals surface area contributed by atoms with Crippen molar-refractivity contribution in [3.8, 4) is 0 Å². The molecular weight excluding hydrogens is 174 g/mol. The van der Waals surface area contributed by atoms with Gasteiger partial charge in [0.15, 0.2) is 5.18 Å². The van der Waals surface area contributed by atoms with E-state index in [4.69, 9.17) is 22.4 Å². The lowest BCUT2D eigenvalue weighted by molar-refractivity contribution is 0.126. The smallest absolute Gasteiger partial charge is 0.191 e. The number of rotatable bonds is 3. The molecule has 0 bridgehead atoms. The first-order valence-corrected chi connectivity index (χ1v) is 4.20. The summed E-state index contributed by atoms with van der Waals surface area (Å²) in [4.78, 5) is 0. The van der Waals surface area contributed by atoms with Crippen molar-refractivity contribution in [1.29, 1.82) is 0 Å². The van der Waals surface area contributed by atoms with Gasteiger partial charge in [0.2, 0.25) is 0 Å². The van der Waals surface area contributed by atoms with Crippen LogP contribution in [-0.4, -0.2) is 10.3 Å². The summed E-state index contributed by atoms with van der Waals surface area (Å²) in [6.45, 7) is 0. The second-order valence-electron chi connectivity index (χ2n) is 2.80. The Hall–Kier alpha value is -0.570. The van der Waals surface area contributed by atoms with Gasteiger partial charge in [0.1, 0.15) is 0 Å². The average Bonchev–Trinajstić information content (AvgIpc) is 2.02. The Morgan fingerprint density at radius 1 is 1.33 bits per heavy atom. The summed E-state index contributed by atoms with van der Waals surface area (Å²) in [6, 6.07) is 9.78. The van der Waals surface area contributed by atoms with Crippen molar-refractivity contribution < 1.29 is 5.11 Å². The molecule has 0 aliphatic heterocycles. The summed E-state index contributed by atoms with van der Waals surface area (Å²) in [5.74, 6) is 0. The normalized spacial score (nSPS) is 15.6. The molecule has 0 aliphatic rings. The van der Waals surface area contributed by atoms with E-state index >= 15 is 0 Å². The van der Waals surface area contributed by atoms with E-state index in [0.29, 0.717) is 12.8 Å². The van der Waals surface area contributed by atoms with E-state index < -0.39 is 5.18 Å². The number of aliphatic hydroxyl groups is 1. The number of nitrogens with two attached hydrogens (primary N) is 1. The molecule has 0 radical (unpaired) electrons. The number of aryl methyl sites for hydroxylation is 1. The highest BCUT2D eigenvalue weighted by Gasteiger charge is 2.15. The molecule has 12 heavy (non-hydrogen) atoms. The number of benzene rings is 1. The Morgan fingerprint density at radius 3 is 2.42 bits per heavy atom. The zero-order valence-corrected chi connectivity index (χ0v) is 7.46. The molecule has 0 spiro atoms. The van der Waals surface area contributed by atoms with Gasteiger partial charge in [-0.1, -0.05) is 41.9 Å². The Morgan fingerprint density at radius 2 is 1.92 bits per heavy atom. The van der Waals surface area contributed by atoms with Gasteiger partial charge in [-0.3, -0.25) is 5.73 Å². The van der Waals surface area contributed by atoms with Crippen LogP contribution in [0.1, 0.15) is 12.0 Å². The van der Waals surface area contributed by atoms with Crippen molar-refractivity contribution in [3.05, 3.63) is 35.9 Å². The minimum Gasteiger partial charge on any atom is -0.363 e. The van der Waals surface area contributed by atoms with Gasteiger partial charge in [-0.25, -0.2) is 0 Å². The number of alkyl halides is 1. The molecule has 1 aromatic carbocycles. The third-order valence-corrected chi connectivity index (χ3v) is 1.80. The van der Waals surface area contributed by atoms with Gasteiger partial charge in [0.05, 0.1) is 0 Å². The number of halogens is 1. The molecule has 0 aromatic heterocycles. The lowest BCUT2D eigenvalue weighted by atomic mass is 10.1. The first-order valence-electron chi connectivity index (χ1n) is 3.82. The first kappa shape index (κ1) is 9.52. The molecule has 3 heteroatoms. The van der Waals surface area contributed by atoms with Crippen LogP contribution in [0.5, 0.6) is 0 Å². The third kappa shape index (κ3) is 3.72. The van der Waals surface area contributed by atoms with Gasteiger partial charge in [0, 0.05) is 6.42 Å². The predicted molar refractivity (Wildman–Crippen MR) is 49.8 cm³/mol. The van der Waals surface area contributed by atoms with Crippen LogP contribution in [0.15, 0.2) is 30.3 Å². The van der Waals surface area contributed by atoms with Gasteiger partial charge in [0.25, 0.3) is 0 Å². The Labute approximate surface area is 77.0 Å². The molecular formula is C9H12ClNO. The van der Waals surface area contributed by atoms with Gasteiger partial charge in [-0.15, -0.1) is 0 Å². The van der Waals surface area contributed by atoms with Crippen molar-refractivity contribution >= 4 is 11.6 Å². The highest BCUT2D eigenvalue weighted by molar-refractivity contribution is 6.22. The second-order valence-corrected chi connectivity index (χ2v) is 3.46. The molecule has 0 fully saturated rings. The molecule has 1 aromatic rings. The van der Waals surface area contributed by atoms with Crippen LogP contribution in [-0.2, 0) is 6.42 Å². The fourth-order valence-corrected chi connectivity index (χ4v) is 1.06. The van der Waals surface area contributed by atoms with E-state index in [-0.39, 0.29) is 0 Å². The summed E-state index contributed by atoms with van der Waals surface area (Å²) in [5, 5.41) is 7.45. The Balaban J connectivity index is 2.44. The topological polar surface area (TPSA) is 46.2 Å². The van der Waals surface area contributed by atoms with Crippen LogP contribution >= 0.6 is 11.6 Å². The van der Waals surface area contributed by atoms with E-state index in [0.717, 1.165) is 5.56 Å². The minimum atomic E-state index is -1.57. The van der Waals surface area contributed by atoms with Crippen molar-refractivity contribution in [3.63, 3.8) is 0 Å². The van der Waals surface area contributed by atoms with Gasteiger partial charge in [-0.05, 0) is 12.0 Å². The van der Waals surface area contributed by atoms with Crippen LogP contribution < -0.4 is 5.73 Å². The van der Waals surface area contributed by atoms with E-state index in [9.17, 15) is 0 Å². The van der Waals surface area contributed by atoms with E-state index in [1.165, 1.54) is 0 Å². The lowest BCUT2D eigenvalue weighted by Gasteiger charge is -2.13. The summed E-state index contributed by atoms with van der Waals surface area (Å²) >= 11 is 5.42. The van der Waals surface area contributed by atoms with Crippen molar-refractivity contribution in [2.75, 3.05) is 0 Å². The monoisotopic (exact) mass is 185 g/mol. The maximum atomic E-state index is 9.02. The van der Waals surface area contributed by atoms with E-state index in [1.807, 2.05) is 30.3 Å². The molecule has 1 rings (SSSR count). The highest BCUT2D eigenvalue weighted by atomic mass is 35.5. The molecule has 1 atom stereocenters. The molecule has 66 valence electrons. The number of hydrogen-bond acceptors (Lipinski definition) is 2. The van der Waals surface area contributed by atoms with Crippen LogP contribution in [0.3, 0.4) is 0 Å². The van der Waals surface area contributed by atoms with Crippen molar-refractivity contribution in [2.45, 2.75) is 18.0 Å². The Kier molecular flexibility index (Phi) is 3.09. The fourth-order valence-electron chi connectivity index (χ4n) is 0.964. The molecule has 3 N–H and O–H groups in total. The summed E-state index contributed by atoms with van der Waals surface area (Å²) in [7, 11) is 0. The van der Waals surface area contributed by atoms with E-state index in [1.54, 1.807) is 0 Å². The Bertz CT molecular complexity index is 230. The molecule has 1 unspecified atom stereocenters. The molecule has 0 saturated heterocycles. The molecule has 0 aliphatic carbocycles. The molecule has 2 nitrogen and oxygen atoms in total. The van der Waals surface area contributed by atoms with E-state index in [2.05, 4.69) is 0 Å². The predicted octanol–water partition coefficient (Wildman–Crippen LogP) is 1.46. The SMILES string of the molecule is NC(O)(Cl)CCc1ccccc1. The summed E-state index contributed by atoms with van der Waals surface area (Å²) in [5.41, 5.74) is 6.33. The fraction of sp³-hybridized carbons (Fsp3) is 0.333. The van der Waals surface area contributed by atoms with Crippen LogP contribution in [0.4, 0.5) is 0 Å². The van der Waals surface area contributed by atoms with Gasteiger partial charge < -0.3 is 5.11 Å². The maximum Gasteiger partial charge on any atom is 0.191 e. The standard InChI is InChI=1S/C9H12ClNO/c10-9(11,12)7-6-8-4-2-1-3-5-8/h1-5,12H,6-7,11H2. The van der Waals surface area contributed by atoms with Crippen LogP contribution in [0.25, 0.3) is 0 Å². The van der Waals surface area contributed by atoms with Crippen LogP contribution in [0, 0.1) is 0 Å². The summed E-state index contributed by atoms with van der Waals surface area (Å²) in [6.07, 6.45) is 1.05. The van der Waals surface area contributed by atoms with Gasteiger partial charge >= 0.3 is 0 Å². The van der Waals surface area contributed by atoms with Gasteiger partial charge in [-0.2, -0.15) is 0 Å². The maximum absolute atomic E-state index is 9.02. The first-order chi connectivity index (χ1) is 5.58. The number of hydrogen-bond donors (Lipinski definition) is 2. The zero-order valence-electron chi connectivity index (χ0n) is 6.70. The molecule has 0 amide bonds. The van der Waals surface area contributed by atoms with Crippen molar-refractivity contribution in [2.24, 2.45) is 5.73 Å². The van der Waals surface area contributed by atoms with Crippen molar-refractivity contribution in [1.82, 2.24) is 0 Å². The third-order valence-electron chi connectivity index (χ3n) is 1.61. The minimum absolute atomic E-state index is 0.360. The second kappa shape index (κ2) is 3.90. The highest BCUT2D eigenvalue weighted by Crippen LogP contribution is 2.12. The zero-order chi connectivity index (χ0) is 9.03. The largest absolute Gasteiger partial charge is 0.363 e. The quantitative estimate of drug-likeness (QED) is 0.426. The molecule has 0 saturated carbocycles. The van der Waals surface area contributed by atoms with Crippen LogP contribution in [0.2, 0.25) is 0 Å². The molecule has 0 heterocycles. The lowest BCUT2D eigenvalue weighted by Crippen LogP contribution is -2.32. The summed E-state index contributed by atoms with van der Waals surface area (Å²) < 4.78 is 0.